The van der Waals surface area contributed by atoms with Gasteiger partial charge < -0.3 is 10.3 Å². The number of aromatic nitrogens is 2. The summed E-state index contributed by atoms with van der Waals surface area (Å²) in [5.41, 5.74) is 8.18. The number of benzene rings is 1. The van der Waals surface area contributed by atoms with E-state index in [1.54, 1.807) is 0 Å². The molecule has 1 aromatic carbocycles. The molecule has 0 amide bonds. The molecule has 0 aliphatic heterocycles. The van der Waals surface area contributed by atoms with E-state index in [4.69, 9.17) is 10.3 Å². The number of nitrogens with zero attached hydrogens (tertiary/aromatic N) is 3. The van der Waals surface area contributed by atoms with Gasteiger partial charge in [0.15, 0.2) is 5.82 Å². The van der Waals surface area contributed by atoms with E-state index < -0.39 is 0 Å². The molecule has 1 heterocycles. The van der Waals surface area contributed by atoms with Crippen LogP contribution in [0.2, 0.25) is 0 Å². The van der Waals surface area contributed by atoms with E-state index in [9.17, 15) is 0 Å². The van der Waals surface area contributed by atoms with Crippen LogP contribution < -0.4 is 5.73 Å². The van der Waals surface area contributed by atoms with Gasteiger partial charge in [0.25, 0.3) is 5.89 Å². The minimum atomic E-state index is -0.367. The zero-order valence-corrected chi connectivity index (χ0v) is 13.7. The molecule has 2 aliphatic rings. The van der Waals surface area contributed by atoms with Crippen molar-refractivity contribution in [2.24, 2.45) is 5.73 Å². The Morgan fingerprint density at radius 2 is 2.00 bits per heavy atom. The Morgan fingerprint density at radius 3 is 2.57 bits per heavy atom. The van der Waals surface area contributed by atoms with E-state index in [-0.39, 0.29) is 5.54 Å². The standard InChI is InChI=1S/C18H24N4O/c1-2-22(15-8-9-15)12-13-4-6-14(7-5-13)16-20-17(21-23-16)18(19)10-3-11-18/h4-7,15H,2-3,8-12,19H2,1H3. The molecule has 2 saturated carbocycles. The molecule has 0 saturated heterocycles. The zero-order valence-electron chi connectivity index (χ0n) is 13.7. The van der Waals surface area contributed by atoms with Crippen molar-refractivity contribution in [2.45, 2.75) is 57.2 Å². The van der Waals surface area contributed by atoms with Crippen LogP contribution in [0.25, 0.3) is 11.5 Å². The molecule has 122 valence electrons. The van der Waals surface area contributed by atoms with Gasteiger partial charge in [0.05, 0.1) is 5.54 Å². The molecule has 0 spiro atoms. The molecular weight excluding hydrogens is 288 g/mol. The quantitative estimate of drug-likeness (QED) is 0.888. The van der Waals surface area contributed by atoms with Gasteiger partial charge in [-0.1, -0.05) is 24.2 Å². The lowest BCUT2D eigenvalue weighted by molar-refractivity contribution is 0.229. The summed E-state index contributed by atoms with van der Waals surface area (Å²) in [6, 6.07) is 9.24. The first-order valence-electron chi connectivity index (χ1n) is 8.64. The number of rotatable bonds is 6. The molecule has 5 heteroatoms. The van der Waals surface area contributed by atoms with Gasteiger partial charge in [-0.25, -0.2) is 0 Å². The van der Waals surface area contributed by atoms with Crippen molar-refractivity contribution in [3.8, 4) is 11.5 Å². The third kappa shape index (κ3) is 2.91. The monoisotopic (exact) mass is 312 g/mol. The van der Waals surface area contributed by atoms with Gasteiger partial charge >= 0.3 is 0 Å². The lowest BCUT2D eigenvalue weighted by Crippen LogP contribution is -2.44. The number of hydrogen-bond donors (Lipinski definition) is 1. The Morgan fingerprint density at radius 1 is 1.26 bits per heavy atom. The van der Waals surface area contributed by atoms with Crippen LogP contribution >= 0.6 is 0 Å². The lowest BCUT2D eigenvalue weighted by atomic mass is 9.77. The van der Waals surface area contributed by atoms with E-state index in [0.29, 0.717) is 11.7 Å². The summed E-state index contributed by atoms with van der Waals surface area (Å²) in [5, 5.41) is 4.08. The molecule has 0 atom stereocenters. The molecule has 0 radical (unpaired) electrons. The largest absolute Gasteiger partial charge is 0.334 e. The summed E-state index contributed by atoms with van der Waals surface area (Å²) in [6.07, 6.45) is 5.72. The summed E-state index contributed by atoms with van der Waals surface area (Å²) in [5.74, 6) is 1.21. The summed E-state index contributed by atoms with van der Waals surface area (Å²) < 4.78 is 5.41. The van der Waals surface area contributed by atoms with Gasteiger partial charge in [-0.2, -0.15) is 4.98 Å². The summed E-state index contributed by atoms with van der Waals surface area (Å²) in [6.45, 7) is 4.36. The highest BCUT2D eigenvalue weighted by Gasteiger charge is 2.39. The zero-order chi connectivity index (χ0) is 15.9. The predicted octanol–water partition coefficient (Wildman–Crippen LogP) is 3.06. The lowest BCUT2D eigenvalue weighted by Gasteiger charge is -2.34. The maximum absolute atomic E-state index is 6.25. The van der Waals surface area contributed by atoms with Crippen molar-refractivity contribution >= 4 is 0 Å². The molecule has 0 bridgehead atoms. The molecule has 2 aromatic rings. The summed E-state index contributed by atoms with van der Waals surface area (Å²) in [7, 11) is 0. The highest BCUT2D eigenvalue weighted by molar-refractivity contribution is 5.53. The topological polar surface area (TPSA) is 68.2 Å². The Kier molecular flexibility index (Phi) is 3.70. The van der Waals surface area contributed by atoms with Crippen molar-refractivity contribution in [3.05, 3.63) is 35.7 Å². The fraction of sp³-hybridized carbons (Fsp3) is 0.556. The highest BCUT2D eigenvalue weighted by atomic mass is 16.5. The van der Waals surface area contributed by atoms with Crippen molar-refractivity contribution in [3.63, 3.8) is 0 Å². The van der Waals surface area contributed by atoms with Crippen LogP contribution in [0.15, 0.2) is 28.8 Å². The van der Waals surface area contributed by atoms with E-state index in [1.807, 2.05) is 0 Å². The molecule has 1 aromatic heterocycles. The van der Waals surface area contributed by atoms with Gasteiger partial charge in [-0.05, 0) is 56.3 Å². The van der Waals surface area contributed by atoms with E-state index >= 15 is 0 Å². The highest BCUT2D eigenvalue weighted by Crippen LogP contribution is 2.37. The van der Waals surface area contributed by atoms with Gasteiger partial charge in [-0.15, -0.1) is 0 Å². The third-order valence-corrected chi connectivity index (χ3v) is 5.17. The fourth-order valence-corrected chi connectivity index (χ4v) is 3.25. The van der Waals surface area contributed by atoms with Gasteiger partial charge in [0.1, 0.15) is 0 Å². The van der Waals surface area contributed by atoms with Crippen LogP contribution in [0.1, 0.15) is 50.4 Å². The molecule has 2 N–H and O–H groups in total. The number of nitrogens with two attached hydrogens (primary N) is 1. The molecule has 2 aliphatic carbocycles. The van der Waals surface area contributed by atoms with Crippen LogP contribution in [0.3, 0.4) is 0 Å². The van der Waals surface area contributed by atoms with Crippen LogP contribution in [0.4, 0.5) is 0 Å². The Labute approximate surface area is 136 Å². The van der Waals surface area contributed by atoms with Crippen molar-refractivity contribution in [1.82, 2.24) is 15.0 Å². The second kappa shape index (κ2) is 5.73. The van der Waals surface area contributed by atoms with Gasteiger partial charge in [-0.3, -0.25) is 4.90 Å². The van der Waals surface area contributed by atoms with E-state index in [1.165, 1.54) is 18.4 Å². The van der Waals surface area contributed by atoms with Crippen LogP contribution in [-0.4, -0.2) is 27.6 Å². The fourth-order valence-electron chi connectivity index (χ4n) is 3.25. The van der Waals surface area contributed by atoms with E-state index in [0.717, 1.165) is 44.0 Å². The number of hydrogen-bond acceptors (Lipinski definition) is 5. The van der Waals surface area contributed by atoms with Crippen LogP contribution in [0.5, 0.6) is 0 Å². The second-order valence-corrected chi connectivity index (χ2v) is 6.92. The molecule has 0 unspecified atom stereocenters. The molecule has 4 rings (SSSR count). The first kappa shape index (κ1) is 14.8. The predicted molar refractivity (Wildman–Crippen MR) is 88.6 cm³/mol. The van der Waals surface area contributed by atoms with Crippen molar-refractivity contribution in [2.75, 3.05) is 6.54 Å². The average Bonchev–Trinajstić information content (AvgIpc) is 3.27. The smallest absolute Gasteiger partial charge is 0.257 e. The Bertz CT molecular complexity index is 671. The maximum atomic E-state index is 6.25. The first-order chi connectivity index (χ1) is 11.2. The molecule has 2 fully saturated rings. The summed E-state index contributed by atoms with van der Waals surface area (Å²) >= 11 is 0. The normalized spacial score (nSPS) is 19.8. The Balaban J connectivity index is 1.47. The van der Waals surface area contributed by atoms with Gasteiger partial charge in [0.2, 0.25) is 0 Å². The van der Waals surface area contributed by atoms with Crippen LogP contribution in [0, 0.1) is 0 Å². The van der Waals surface area contributed by atoms with E-state index in [2.05, 4.69) is 46.2 Å². The minimum Gasteiger partial charge on any atom is -0.334 e. The third-order valence-electron chi connectivity index (χ3n) is 5.17. The average molecular weight is 312 g/mol. The molecule has 5 nitrogen and oxygen atoms in total. The molecule has 23 heavy (non-hydrogen) atoms. The Hall–Kier alpha value is -1.72. The van der Waals surface area contributed by atoms with Crippen molar-refractivity contribution < 1.29 is 4.52 Å². The second-order valence-electron chi connectivity index (χ2n) is 6.92. The first-order valence-corrected chi connectivity index (χ1v) is 8.64. The van der Waals surface area contributed by atoms with Crippen molar-refractivity contribution in [1.29, 1.82) is 0 Å². The maximum Gasteiger partial charge on any atom is 0.257 e. The summed E-state index contributed by atoms with van der Waals surface area (Å²) in [4.78, 5) is 7.04. The van der Waals surface area contributed by atoms with Gasteiger partial charge in [0, 0.05) is 18.2 Å². The SMILES string of the molecule is CCN(Cc1ccc(-c2nc(C3(N)CCC3)no2)cc1)C1CC1. The minimum absolute atomic E-state index is 0.367. The molecular formula is C18H24N4O. The van der Waals surface area contributed by atoms with Crippen LogP contribution in [-0.2, 0) is 12.1 Å².